The fourth-order valence-electron chi connectivity index (χ4n) is 5.10. The van der Waals surface area contributed by atoms with E-state index in [1.54, 1.807) is 37.4 Å². The average molecular weight is 496 g/mol. The summed E-state index contributed by atoms with van der Waals surface area (Å²) >= 11 is 0. The topological polar surface area (TPSA) is 118 Å². The van der Waals surface area contributed by atoms with E-state index >= 15 is 0 Å². The zero-order valence-electron chi connectivity index (χ0n) is 20.9. The number of pyridine rings is 2. The Morgan fingerprint density at radius 2 is 1.89 bits per heavy atom. The summed E-state index contributed by atoms with van der Waals surface area (Å²) < 4.78 is 0. The molecule has 1 aliphatic rings. The highest BCUT2D eigenvalue weighted by Crippen LogP contribution is 2.30. The van der Waals surface area contributed by atoms with Crippen LogP contribution in [0.3, 0.4) is 0 Å². The Morgan fingerprint density at radius 3 is 2.62 bits per heavy atom. The van der Waals surface area contributed by atoms with E-state index in [-0.39, 0.29) is 25.3 Å². The van der Waals surface area contributed by atoms with E-state index in [9.17, 15) is 9.59 Å². The minimum absolute atomic E-state index is 0. The second kappa shape index (κ2) is 9.74. The third-order valence-corrected chi connectivity index (χ3v) is 6.66. The molecule has 0 spiro atoms. The molecule has 1 aliphatic heterocycles. The molecule has 4 aromatic rings. The van der Waals surface area contributed by atoms with Crippen LogP contribution in [0.2, 0.25) is 0 Å². The molecule has 188 valence electrons. The number of anilines is 2. The molecule has 0 saturated carbocycles. The van der Waals surface area contributed by atoms with Gasteiger partial charge in [0.25, 0.3) is 5.91 Å². The van der Waals surface area contributed by atoms with E-state index in [0.29, 0.717) is 35.6 Å². The predicted octanol–water partition coefficient (Wildman–Crippen LogP) is 4.44. The van der Waals surface area contributed by atoms with E-state index in [1.165, 1.54) is 0 Å². The van der Waals surface area contributed by atoms with Gasteiger partial charge in [-0.2, -0.15) is 5.26 Å². The van der Waals surface area contributed by atoms with E-state index in [0.717, 1.165) is 22.5 Å². The van der Waals surface area contributed by atoms with E-state index < -0.39 is 0 Å². The SMILES string of the molecule is CC(=O)N1[C@H](C)CN(c2cccc(-c3c[nH]c4ncc(NC(=O)c5cccc(C#N)c5)cc34)n2)C[C@@H]1C.[HH]. The molecule has 2 N–H and O–H groups in total. The van der Waals surface area contributed by atoms with Gasteiger partial charge in [0.1, 0.15) is 11.5 Å². The number of piperazine rings is 1. The summed E-state index contributed by atoms with van der Waals surface area (Å²) in [7, 11) is 0. The molecule has 0 aliphatic carbocycles. The van der Waals surface area contributed by atoms with Gasteiger partial charge in [0.2, 0.25) is 5.91 Å². The lowest BCUT2D eigenvalue weighted by molar-refractivity contribution is -0.133. The fraction of sp³-hybridized carbons (Fsp3) is 0.250. The van der Waals surface area contributed by atoms with Crippen molar-refractivity contribution >= 4 is 34.4 Å². The first-order chi connectivity index (χ1) is 17.8. The van der Waals surface area contributed by atoms with Gasteiger partial charge in [0.05, 0.1) is 29.2 Å². The molecule has 2 amide bonds. The zero-order chi connectivity index (χ0) is 26.1. The van der Waals surface area contributed by atoms with Crippen LogP contribution in [-0.4, -0.2) is 56.8 Å². The van der Waals surface area contributed by atoms with Crippen molar-refractivity contribution in [2.75, 3.05) is 23.3 Å². The molecule has 0 unspecified atom stereocenters. The highest BCUT2D eigenvalue weighted by Gasteiger charge is 2.31. The van der Waals surface area contributed by atoms with E-state index in [4.69, 9.17) is 10.2 Å². The number of nitriles is 1. The van der Waals surface area contributed by atoms with Gasteiger partial charge >= 0.3 is 0 Å². The van der Waals surface area contributed by atoms with Crippen molar-refractivity contribution in [2.45, 2.75) is 32.9 Å². The maximum Gasteiger partial charge on any atom is 0.255 e. The number of hydrogen-bond acceptors (Lipinski definition) is 6. The molecule has 2 atom stereocenters. The second-order valence-electron chi connectivity index (χ2n) is 9.38. The minimum Gasteiger partial charge on any atom is -0.352 e. The van der Waals surface area contributed by atoms with Crippen LogP contribution in [0.25, 0.3) is 22.3 Å². The molecule has 9 heteroatoms. The highest BCUT2D eigenvalue weighted by atomic mass is 16.2. The van der Waals surface area contributed by atoms with Crippen LogP contribution in [0.4, 0.5) is 11.5 Å². The minimum atomic E-state index is -0.316. The van der Waals surface area contributed by atoms with Crippen molar-refractivity contribution in [3.05, 3.63) is 72.1 Å². The molecule has 1 fully saturated rings. The van der Waals surface area contributed by atoms with Crippen molar-refractivity contribution in [1.82, 2.24) is 19.9 Å². The summed E-state index contributed by atoms with van der Waals surface area (Å²) in [5.74, 6) is 0.625. The molecule has 5 rings (SSSR count). The number of aromatic nitrogens is 3. The van der Waals surface area contributed by atoms with Crippen LogP contribution in [-0.2, 0) is 4.79 Å². The van der Waals surface area contributed by atoms with Gasteiger partial charge in [-0.1, -0.05) is 12.1 Å². The molecule has 0 radical (unpaired) electrons. The largest absolute Gasteiger partial charge is 0.352 e. The Kier molecular flexibility index (Phi) is 6.32. The van der Waals surface area contributed by atoms with Crippen molar-refractivity contribution < 1.29 is 11.0 Å². The van der Waals surface area contributed by atoms with Crippen molar-refractivity contribution in [3.63, 3.8) is 0 Å². The molecule has 3 aromatic heterocycles. The summed E-state index contributed by atoms with van der Waals surface area (Å²) in [6.45, 7) is 7.15. The smallest absolute Gasteiger partial charge is 0.255 e. The third-order valence-electron chi connectivity index (χ3n) is 6.66. The lowest BCUT2D eigenvalue weighted by Crippen LogP contribution is -2.58. The number of amides is 2. The maximum atomic E-state index is 12.8. The number of H-pyrrole nitrogens is 1. The quantitative estimate of drug-likeness (QED) is 0.432. The Balaban J connectivity index is 0.00000336. The monoisotopic (exact) mass is 495 g/mol. The molecule has 0 bridgehead atoms. The molecule has 37 heavy (non-hydrogen) atoms. The first kappa shape index (κ1) is 24.0. The van der Waals surface area contributed by atoms with Gasteiger partial charge in [0.15, 0.2) is 0 Å². The maximum absolute atomic E-state index is 12.8. The van der Waals surface area contributed by atoms with Crippen molar-refractivity contribution in [2.24, 2.45) is 0 Å². The summed E-state index contributed by atoms with van der Waals surface area (Å²) in [5.41, 5.74) is 3.70. The predicted molar refractivity (Wildman–Crippen MR) is 144 cm³/mol. The molecular weight excluding hydrogens is 466 g/mol. The van der Waals surface area contributed by atoms with Gasteiger partial charge in [-0.3, -0.25) is 9.59 Å². The van der Waals surface area contributed by atoms with Crippen LogP contribution in [0.15, 0.2) is 60.9 Å². The number of fused-ring (bicyclic) bond motifs is 1. The second-order valence-corrected chi connectivity index (χ2v) is 9.38. The number of nitrogens with one attached hydrogen (secondary N) is 2. The number of rotatable bonds is 4. The van der Waals surface area contributed by atoms with Gasteiger partial charge < -0.3 is 20.1 Å². The lowest BCUT2D eigenvalue weighted by atomic mass is 10.1. The number of hydrogen-bond donors (Lipinski definition) is 2. The molecule has 1 saturated heterocycles. The number of aromatic amines is 1. The number of carbonyl (C=O) groups is 2. The van der Waals surface area contributed by atoms with Gasteiger partial charge in [-0.25, -0.2) is 9.97 Å². The normalized spacial score (nSPS) is 17.5. The summed E-state index contributed by atoms with van der Waals surface area (Å²) in [6, 6.07) is 16.5. The zero-order valence-corrected chi connectivity index (χ0v) is 20.9. The van der Waals surface area contributed by atoms with Crippen LogP contribution < -0.4 is 10.2 Å². The van der Waals surface area contributed by atoms with Gasteiger partial charge in [0, 0.05) is 56.2 Å². The third kappa shape index (κ3) is 4.74. The Labute approximate surface area is 216 Å². The Morgan fingerprint density at radius 1 is 1.14 bits per heavy atom. The summed E-state index contributed by atoms with van der Waals surface area (Å²) in [4.78, 5) is 41.5. The standard InChI is InChI=1S/C28H27N7O2.H2/c1-17-15-34(16-18(2)35(17)19(3)36)26-9-5-8-25(33-26)24-14-31-27-23(24)11-22(13-30-27)32-28(37)21-7-4-6-20(10-21)12-29;/h4-11,13-14,17-18H,15-16H2,1-3H3,(H,30,31)(H,32,37);1H/t17-,18+;. The first-order valence-corrected chi connectivity index (χ1v) is 12.1. The first-order valence-electron chi connectivity index (χ1n) is 12.1. The van der Waals surface area contributed by atoms with Crippen molar-refractivity contribution in [1.29, 1.82) is 5.26 Å². The van der Waals surface area contributed by atoms with Crippen LogP contribution >= 0.6 is 0 Å². The van der Waals surface area contributed by atoms with Crippen LogP contribution in [0.1, 0.15) is 38.1 Å². The van der Waals surface area contributed by atoms with E-state index in [2.05, 4.69) is 34.0 Å². The van der Waals surface area contributed by atoms with Gasteiger partial charge in [-0.05, 0) is 50.2 Å². The molecule has 1 aromatic carbocycles. The van der Waals surface area contributed by atoms with Crippen LogP contribution in [0, 0.1) is 11.3 Å². The van der Waals surface area contributed by atoms with Crippen molar-refractivity contribution in [3.8, 4) is 17.3 Å². The number of nitrogens with zero attached hydrogens (tertiary/aromatic N) is 5. The molecular formula is C28H29N7O2. The fourth-order valence-corrected chi connectivity index (χ4v) is 5.10. The molecule has 4 heterocycles. The Hall–Kier alpha value is -4.71. The highest BCUT2D eigenvalue weighted by molar-refractivity contribution is 6.05. The summed E-state index contributed by atoms with van der Waals surface area (Å²) in [5, 5.41) is 12.8. The van der Waals surface area contributed by atoms with Gasteiger partial charge in [-0.15, -0.1) is 0 Å². The van der Waals surface area contributed by atoms with Crippen LogP contribution in [0.5, 0.6) is 0 Å². The Bertz CT molecular complexity index is 1530. The average Bonchev–Trinajstić information content (AvgIpc) is 3.31. The number of carbonyl (C=O) groups excluding carboxylic acids is 2. The molecule has 9 nitrogen and oxygen atoms in total. The summed E-state index contributed by atoms with van der Waals surface area (Å²) in [6.07, 6.45) is 3.46. The lowest BCUT2D eigenvalue weighted by Gasteiger charge is -2.44. The number of benzene rings is 1. The van der Waals surface area contributed by atoms with E-state index in [1.807, 2.05) is 41.4 Å².